The Balaban J connectivity index is 0.000000280. The molecule has 0 spiro atoms. The molecule has 0 saturated heterocycles. The van der Waals surface area contributed by atoms with Gasteiger partial charge in [0.2, 0.25) is 0 Å². The summed E-state index contributed by atoms with van der Waals surface area (Å²) >= 11 is 0. The molecule has 168 valence electrons. The molecule has 2 fully saturated rings. The lowest BCUT2D eigenvalue weighted by Crippen LogP contribution is -2.33. The molecule has 0 aliphatic heterocycles. The molecule has 0 amide bonds. The van der Waals surface area contributed by atoms with E-state index in [1.807, 2.05) is 0 Å². The van der Waals surface area contributed by atoms with Gasteiger partial charge < -0.3 is 0 Å². The van der Waals surface area contributed by atoms with Crippen molar-refractivity contribution in [3.63, 3.8) is 0 Å². The first kappa shape index (κ1) is 26.0. The Morgan fingerprint density at radius 3 is 0.607 bits per heavy atom. The Bertz CT molecular complexity index is 300. The normalized spacial score (nSPS) is 38.6. The van der Waals surface area contributed by atoms with Crippen molar-refractivity contribution >= 4 is 0 Å². The molecule has 8 atom stereocenters. The predicted octanol–water partition coefficient (Wildman–Crippen LogP) is 9.77. The van der Waals surface area contributed by atoms with Crippen molar-refractivity contribution in [2.45, 2.75) is 132 Å². The van der Waals surface area contributed by atoms with Crippen molar-refractivity contribution in [2.24, 2.45) is 47.3 Å². The first-order valence-corrected chi connectivity index (χ1v) is 13.6. The minimum absolute atomic E-state index is 1.03. The molecule has 0 bridgehead atoms. The van der Waals surface area contributed by atoms with Gasteiger partial charge in [-0.25, -0.2) is 0 Å². The second-order valence-electron chi connectivity index (χ2n) is 10.1. The van der Waals surface area contributed by atoms with Crippen molar-refractivity contribution < 1.29 is 0 Å². The van der Waals surface area contributed by atoms with Gasteiger partial charge in [-0.2, -0.15) is 0 Å². The fourth-order valence-electron chi connectivity index (χ4n) is 7.68. The van der Waals surface area contributed by atoms with Crippen molar-refractivity contribution in [3.8, 4) is 0 Å². The van der Waals surface area contributed by atoms with Crippen LogP contribution in [-0.4, -0.2) is 0 Å². The molecule has 0 heterocycles. The molecule has 0 nitrogen and oxygen atoms in total. The summed E-state index contributed by atoms with van der Waals surface area (Å²) < 4.78 is 0. The molecule has 2 saturated carbocycles. The standard InChI is InChI=1S/2C14H28/c2*1-5-11-9-10-12(6-2)14(8-4)13(11)7-3/h2*11-14H,5-10H2,1-4H3. The highest BCUT2D eigenvalue weighted by molar-refractivity contribution is 4.86. The third-order valence-electron chi connectivity index (χ3n) is 9.32. The van der Waals surface area contributed by atoms with Gasteiger partial charge in [-0.1, -0.05) is 107 Å². The molecule has 8 unspecified atom stereocenters. The zero-order valence-electron chi connectivity index (χ0n) is 21.1. The molecular weight excluding hydrogens is 336 g/mol. The molecule has 2 aliphatic rings. The summed E-state index contributed by atoms with van der Waals surface area (Å²) in [5.74, 6) is 8.26. The highest BCUT2D eigenvalue weighted by atomic mass is 14.4. The van der Waals surface area contributed by atoms with E-state index in [-0.39, 0.29) is 0 Å². The van der Waals surface area contributed by atoms with Gasteiger partial charge in [0.1, 0.15) is 0 Å². The number of hydrogen-bond acceptors (Lipinski definition) is 0. The fourth-order valence-corrected chi connectivity index (χ4v) is 7.68. The van der Waals surface area contributed by atoms with Crippen LogP contribution in [0.5, 0.6) is 0 Å². The quantitative estimate of drug-likeness (QED) is 0.385. The second kappa shape index (κ2) is 14.1. The van der Waals surface area contributed by atoms with Crippen molar-refractivity contribution in [1.29, 1.82) is 0 Å². The van der Waals surface area contributed by atoms with Crippen LogP contribution in [0.2, 0.25) is 0 Å². The lowest BCUT2D eigenvalue weighted by molar-refractivity contribution is 0.0768. The van der Waals surface area contributed by atoms with E-state index in [0.29, 0.717) is 0 Å². The monoisotopic (exact) mass is 392 g/mol. The van der Waals surface area contributed by atoms with Crippen LogP contribution in [0.4, 0.5) is 0 Å². The van der Waals surface area contributed by atoms with Crippen LogP contribution in [0.1, 0.15) is 132 Å². The van der Waals surface area contributed by atoms with Crippen molar-refractivity contribution in [2.75, 3.05) is 0 Å². The zero-order chi connectivity index (χ0) is 21.1. The Morgan fingerprint density at radius 1 is 0.321 bits per heavy atom. The highest BCUT2D eigenvalue weighted by Gasteiger charge is 2.36. The topological polar surface area (TPSA) is 0 Å². The maximum atomic E-state index is 2.40. The van der Waals surface area contributed by atoms with Crippen LogP contribution >= 0.6 is 0 Å². The van der Waals surface area contributed by atoms with Crippen LogP contribution in [0.3, 0.4) is 0 Å². The van der Waals surface area contributed by atoms with Crippen LogP contribution in [0, 0.1) is 47.3 Å². The largest absolute Gasteiger partial charge is 0.0651 e. The Hall–Kier alpha value is 0. The van der Waals surface area contributed by atoms with Gasteiger partial charge in [0, 0.05) is 0 Å². The van der Waals surface area contributed by atoms with Crippen LogP contribution in [-0.2, 0) is 0 Å². The summed E-state index contributed by atoms with van der Waals surface area (Å²) in [4.78, 5) is 0. The summed E-state index contributed by atoms with van der Waals surface area (Å²) in [7, 11) is 0. The Labute approximate surface area is 180 Å². The van der Waals surface area contributed by atoms with E-state index in [0.717, 1.165) is 47.3 Å². The first-order chi connectivity index (χ1) is 13.6. The van der Waals surface area contributed by atoms with Gasteiger partial charge in [-0.3, -0.25) is 0 Å². The smallest absolute Gasteiger partial charge is 0.0358 e. The molecule has 2 aliphatic carbocycles. The van der Waals surface area contributed by atoms with Gasteiger partial charge >= 0.3 is 0 Å². The molecule has 0 aromatic rings. The van der Waals surface area contributed by atoms with E-state index < -0.39 is 0 Å². The predicted molar refractivity (Wildman–Crippen MR) is 129 cm³/mol. The lowest BCUT2D eigenvalue weighted by Gasteiger charge is -2.42. The number of rotatable bonds is 8. The molecule has 0 heteroatoms. The average molecular weight is 393 g/mol. The summed E-state index contributed by atoms with van der Waals surface area (Å²) in [6.45, 7) is 19.1. The van der Waals surface area contributed by atoms with E-state index in [4.69, 9.17) is 0 Å². The zero-order valence-corrected chi connectivity index (χ0v) is 21.1. The fraction of sp³-hybridized carbons (Fsp3) is 1.00. The van der Waals surface area contributed by atoms with Gasteiger partial charge in [-0.15, -0.1) is 0 Å². The second-order valence-corrected chi connectivity index (χ2v) is 10.1. The van der Waals surface area contributed by atoms with Gasteiger partial charge in [-0.05, 0) is 73.0 Å². The van der Waals surface area contributed by atoms with Crippen molar-refractivity contribution in [3.05, 3.63) is 0 Å². The van der Waals surface area contributed by atoms with Crippen LogP contribution < -0.4 is 0 Å². The molecule has 0 radical (unpaired) electrons. The third-order valence-corrected chi connectivity index (χ3v) is 9.32. The van der Waals surface area contributed by atoms with Crippen LogP contribution in [0.15, 0.2) is 0 Å². The molecule has 0 aromatic carbocycles. The molecule has 0 N–H and O–H groups in total. The molecule has 2 rings (SSSR count). The molecule has 28 heavy (non-hydrogen) atoms. The highest BCUT2D eigenvalue weighted by Crippen LogP contribution is 2.45. The SMILES string of the molecule is CCC1CCC(CC)C(CC)C1CC.CCC1CCC(CC)C(CC)C1CC. The molecular formula is C28H56. The maximum absolute atomic E-state index is 2.40. The summed E-state index contributed by atoms with van der Waals surface area (Å²) in [6, 6.07) is 0. The minimum Gasteiger partial charge on any atom is -0.0651 e. The van der Waals surface area contributed by atoms with Crippen molar-refractivity contribution in [1.82, 2.24) is 0 Å². The molecule has 0 aromatic heterocycles. The minimum atomic E-state index is 1.03. The Morgan fingerprint density at radius 2 is 0.500 bits per heavy atom. The van der Waals surface area contributed by atoms with E-state index >= 15 is 0 Å². The first-order valence-electron chi connectivity index (χ1n) is 13.6. The summed E-state index contributed by atoms with van der Waals surface area (Å²) in [5, 5.41) is 0. The average Bonchev–Trinajstić information content (AvgIpc) is 2.76. The maximum Gasteiger partial charge on any atom is -0.0358 e. The lowest BCUT2D eigenvalue weighted by atomic mass is 9.63. The van der Waals surface area contributed by atoms with Crippen LogP contribution in [0.25, 0.3) is 0 Å². The summed E-state index contributed by atoms with van der Waals surface area (Å²) in [5.41, 5.74) is 0. The van der Waals surface area contributed by atoms with Gasteiger partial charge in [0.15, 0.2) is 0 Å². The van der Waals surface area contributed by atoms with E-state index in [9.17, 15) is 0 Å². The van der Waals surface area contributed by atoms with E-state index in [1.54, 1.807) is 0 Å². The summed E-state index contributed by atoms with van der Waals surface area (Å²) in [6.07, 6.45) is 17.3. The van der Waals surface area contributed by atoms with E-state index in [1.165, 1.54) is 77.0 Å². The van der Waals surface area contributed by atoms with E-state index in [2.05, 4.69) is 55.4 Å². The third kappa shape index (κ3) is 6.50. The van der Waals surface area contributed by atoms with Gasteiger partial charge in [0.25, 0.3) is 0 Å². The number of hydrogen-bond donors (Lipinski definition) is 0. The van der Waals surface area contributed by atoms with Gasteiger partial charge in [0.05, 0.1) is 0 Å². The Kier molecular flexibility index (Phi) is 13.1.